The Balaban J connectivity index is 1.03. The Labute approximate surface area is 287 Å². The number of benzene rings is 4. The summed E-state index contributed by atoms with van der Waals surface area (Å²) in [5.74, 6) is -2.79. The van der Waals surface area contributed by atoms with Crippen molar-refractivity contribution in [3.63, 3.8) is 0 Å². The number of rotatable bonds is 8. The minimum atomic E-state index is -1.46. The molecule has 4 aromatic carbocycles. The molecule has 8 nitrogen and oxygen atoms in total. The first-order valence-corrected chi connectivity index (χ1v) is 17.2. The maximum atomic E-state index is 12.9. The standard InChI is InChI=1S/C38H32N2O6S2/c1-21(2)23-5-9-27(10-6-23)47-29-13-15-31-25(17-29)19-33(35(31)41)39-45-37(43)38(44)46-40-34-20-26-18-30(14-16-32(26)36(34)42)48-28-11-7-24(8-12-28)22(3)4/h5-18,21-22H,19-20H2,1-4H3/b39-33+,40-34+. The molecule has 0 radical (unpaired) electrons. The van der Waals surface area contributed by atoms with E-state index in [0.29, 0.717) is 23.0 Å². The molecule has 2 aliphatic carbocycles. The van der Waals surface area contributed by atoms with Crippen LogP contribution < -0.4 is 0 Å². The summed E-state index contributed by atoms with van der Waals surface area (Å²) in [6, 6.07) is 27.7. The number of fused-ring (bicyclic) bond motifs is 2. The monoisotopic (exact) mass is 676 g/mol. The fraction of sp³-hybridized carbons (Fsp3) is 0.211. The smallest absolute Gasteiger partial charge is 0.306 e. The lowest BCUT2D eigenvalue weighted by Gasteiger charge is -2.07. The van der Waals surface area contributed by atoms with Crippen molar-refractivity contribution < 1.29 is 28.9 Å². The Bertz CT molecular complexity index is 1850. The summed E-state index contributed by atoms with van der Waals surface area (Å²) in [6.45, 7) is 8.59. The zero-order chi connectivity index (χ0) is 33.9. The van der Waals surface area contributed by atoms with Gasteiger partial charge in [-0.05, 0) is 94.8 Å². The molecule has 6 rings (SSSR count). The van der Waals surface area contributed by atoms with Crippen molar-refractivity contribution in [3.8, 4) is 0 Å². The summed E-state index contributed by atoms with van der Waals surface area (Å²) >= 11 is 3.15. The van der Waals surface area contributed by atoms with Crippen LogP contribution in [0.3, 0.4) is 0 Å². The molecular weight excluding hydrogens is 645 g/mol. The molecule has 48 heavy (non-hydrogen) atoms. The van der Waals surface area contributed by atoms with Crippen LogP contribution in [0, 0.1) is 0 Å². The zero-order valence-electron chi connectivity index (χ0n) is 26.8. The number of hydrogen-bond donors (Lipinski definition) is 0. The Morgan fingerprint density at radius 1 is 0.562 bits per heavy atom. The lowest BCUT2D eigenvalue weighted by atomic mass is 10.0. The first-order valence-electron chi connectivity index (χ1n) is 15.5. The highest BCUT2D eigenvalue weighted by molar-refractivity contribution is 7.99. The number of oxime groups is 2. The van der Waals surface area contributed by atoms with E-state index in [0.717, 1.165) is 30.7 Å². The number of ketones is 2. The third-order valence-corrected chi connectivity index (χ3v) is 10.1. The minimum Gasteiger partial charge on any atom is -0.306 e. The van der Waals surface area contributed by atoms with Gasteiger partial charge in [-0.25, -0.2) is 9.59 Å². The van der Waals surface area contributed by atoms with Gasteiger partial charge in [0.2, 0.25) is 11.6 Å². The van der Waals surface area contributed by atoms with Crippen LogP contribution in [0.25, 0.3) is 0 Å². The molecule has 0 aliphatic heterocycles. The summed E-state index contributed by atoms with van der Waals surface area (Å²) in [4.78, 5) is 63.8. The molecular formula is C38H32N2O6S2. The maximum Gasteiger partial charge on any atom is 0.445 e. The van der Waals surface area contributed by atoms with E-state index in [1.165, 1.54) is 11.1 Å². The summed E-state index contributed by atoms with van der Waals surface area (Å²) in [7, 11) is 0. The first-order chi connectivity index (χ1) is 23.0. The molecule has 0 amide bonds. The van der Waals surface area contributed by atoms with Crippen LogP contribution >= 0.6 is 23.5 Å². The van der Waals surface area contributed by atoms with Crippen LogP contribution in [0.4, 0.5) is 0 Å². The highest BCUT2D eigenvalue weighted by atomic mass is 32.2. The van der Waals surface area contributed by atoms with E-state index in [1.54, 1.807) is 35.7 Å². The third-order valence-electron chi connectivity index (χ3n) is 8.09. The molecule has 0 fully saturated rings. The molecule has 0 atom stereocenters. The Kier molecular flexibility index (Phi) is 9.75. The molecule has 0 bridgehead atoms. The summed E-state index contributed by atoms with van der Waals surface area (Å²) in [5, 5.41) is 7.31. The minimum absolute atomic E-state index is 0.00754. The highest BCUT2D eigenvalue weighted by Crippen LogP contribution is 2.34. The number of nitrogens with zero attached hydrogens (tertiary/aromatic N) is 2. The van der Waals surface area contributed by atoms with Crippen LogP contribution in [0.5, 0.6) is 0 Å². The Morgan fingerprint density at radius 3 is 1.27 bits per heavy atom. The van der Waals surface area contributed by atoms with E-state index < -0.39 is 11.9 Å². The van der Waals surface area contributed by atoms with Gasteiger partial charge in [0.1, 0.15) is 11.4 Å². The number of carbonyl (C=O) groups excluding carboxylic acids is 4. The van der Waals surface area contributed by atoms with Gasteiger partial charge in [-0.3, -0.25) is 9.59 Å². The van der Waals surface area contributed by atoms with Crippen molar-refractivity contribution in [2.45, 2.75) is 72.0 Å². The largest absolute Gasteiger partial charge is 0.445 e. The number of hydrogen-bond acceptors (Lipinski definition) is 10. The quantitative estimate of drug-likeness (QED) is 0.104. The zero-order valence-corrected chi connectivity index (χ0v) is 28.4. The summed E-state index contributed by atoms with van der Waals surface area (Å²) < 4.78 is 0. The average Bonchev–Trinajstić information content (AvgIpc) is 3.56. The van der Waals surface area contributed by atoms with E-state index in [1.807, 2.05) is 24.3 Å². The van der Waals surface area contributed by atoms with E-state index in [2.05, 4.69) is 86.5 Å². The summed E-state index contributed by atoms with van der Waals surface area (Å²) in [5.41, 5.74) is 4.92. The molecule has 0 spiro atoms. The maximum absolute atomic E-state index is 12.9. The van der Waals surface area contributed by atoms with Crippen molar-refractivity contribution >= 4 is 58.5 Å². The van der Waals surface area contributed by atoms with Crippen molar-refractivity contribution in [2.75, 3.05) is 0 Å². The molecule has 0 aromatic heterocycles. The SMILES string of the molecule is CC(C)c1ccc(Sc2ccc3c(c2)C/C(=N\OC(=O)C(=O)O/N=C2\Cc4cc(Sc5ccc(C(C)C)cc5)ccc4C2=O)C3=O)cc1. The lowest BCUT2D eigenvalue weighted by molar-refractivity contribution is -0.167. The van der Waals surface area contributed by atoms with E-state index in [4.69, 9.17) is 9.68 Å². The molecule has 2 aliphatic rings. The number of Topliss-reactive ketones (excluding diaryl/α,β-unsaturated/α-hetero) is 2. The second-order valence-corrected chi connectivity index (χ2v) is 14.4. The normalized spacial score (nSPS) is 15.4. The predicted octanol–water partition coefficient (Wildman–Crippen LogP) is 8.21. The second-order valence-electron chi connectivity index (χ2n) is 12.1. The van der Waals surface area contributed by atoms with Crippen LogP contribution in [0.15, 0.2) is 115 Å². The van der Waals surface area contributed by atoms with Gasteiger partial charge in [-0.15, -0.1) is 0 Å². The van der Waals surface area contributed by atoms with Crippen molar-refractivity contribution in [2.24, 2.45) is 10.3 Å². The molecule has 0 unspecified atom stereocenters. The van der Waals surface area contributed by atoms with E-state index >= 15 is 0 Å². The van der Waals surface area contributed by atoms with Gasteiger partial charge < -0.3 is 9.68 Å². The van der Waals surface area contributed by atoms with Gasteiger partial charge in [0.05, 0.1) is 0 Å². The number of carbonyl (C=O) groups is 4. The lowest BCUT2D eigenvalue weighted by Crippen LogP contribution is -2.20. The molecule has 0 saturated heterocycles. The van der Waals surface area contributed by atoms with Gasteiger partial charge in [0, 0.05) is 43.6 Å². The van der Waals surface area contributed by atoms with E-state index in [-0.39, 0.29) is 35.8 Å². The van der Waals surface area contributed by atoms with Gasteiger partial charge in [-0.1, -0.05) is 85.8 Å². The topological polar surface area (TPSA) is 111 Å². The summed E-state index contributed by atoms with van der Waals surface area (Å²) in [6.07, 6.45) is 0.297. The average molecular weight is 677 g/mol. The van der Waals surface area contributed by atoms with Crippen LogP contribution in [0.1, 0.15) is 82.5 Å². The molecule has 0 heterocycles. The van der Waals surface area contributed by atoms with Crippen LogP contribution in [-0.4, -0.2) is 34.9 Å². The highest BCUT2D eigenvalue weighted by Gasteiger charge is 2.30. The van der Waals surface area contributed by atoms with E-state index in [9.17, 15) is 19.2 Å². The molecule has 0 saturated carbocycles. The molecule has 0 N–H and O–H groups in total. The predicted molar refractivity (Wildman–Crippen MR) is 185 cm³/mol. The first kappa shape index (κ1) is 33.1. The van der Waals surface area contributed by atoms with Crippen molar-refractivity contribution in [3.05, 3.63) is 118 Å². The molecule has 10 heteroatoms. The fourth-order valence-corrected chi connectivity index (χ4v) is 7.13. The van der Waals surface area contributed by atoms with Gasteiger partial charge >= 0.3 is 11.9 Å². The molecule has 242 valence electrons. The van der Waals surface area contributed by atoms with Crippen molar-refractivity contribution in [1.82, 2.24) is 0 Å². The van der Waals surface area contributed by atoms with Gasteiger partial charge in [-0.2, -0.15) is 0 Å². The Morgan fingerprint density at radius 2 is 0.917 bits per heavy atom. The van der Waals surface area contributed by atoms with Crippen molar-refractivity contribution in [1.29, 1.82) is 0 Å². The Hall–Kier alpha value is -4.80. The second kappa shape index (κ2) is 14.1. The van der Waals surface area contributed by atoms with Gasteiger partial charge in [0.15, 0.2) is 0 Å². The fourth-order valence-electron chi connectivity index (χ4n) is 5.36. The van der Waals surface area contributed by atoms with Crippen LogP contribution in [0.2, 0.25) is 0 Å². The van der Waals surface area contributed by atoms with Crippen LogP contribution in [-0.2, 0) is 32.1 Å². The third kappa shape index (κ3) is 7.35. The molecule has 4 aromatic rings. The van der Waals surface area contributed by atoms with Gasteiger partial charge in [0.25, 0.3) is 0 Å².